The fraction of sp³-hybridized carbons (Fsp3) is 0.500. The van der Waals surface area contributed by atoms with Crippen LogP contribution in [0.5, 0.6) is 0 Å². The summed E-state index contributed by atoms with van der Waals surface area (Å²) in [7, 11) is 0. The molecule has 0 saturated carbocycles. The smallest absolute Gasteiger partial charge is 0.305 e. The number of rotatable bonds is 5. The van der Waals surface area contributed by atoms with Crippen LogP contribution in [0.15, 0.2) is 18.2 Å². The fourth-order valence-corrected chi connectivity index (χ4v) is 1.23. The first-order valence-corrected chi connectivity index (χ1v) is 5.47. The molecule has 4 nitrogen and oxygen atoms in total. The van der Waals surface area contributed by atoms with E-state index in [1.165, 1.54) is 12.1 Å². The summed E-state index contributed by atoms with van der Waals surface area (Å²) in [4.78, 5) is 9.81. The van der Waals surface area contributed by atoms with E-state index in [9.17, 15) is 14.5 Å². The first-order chi connectivity index (χ1) is 7.93. The minimum Gasteiger partial charge on any atom is -0.373 e. The van der Waals surface area contributed by atoms with Gasteiger partial charge in [0.05, 0.1) is 17.6 Å². The van der Waals surface area contributed by atoms with Crippen LogP contribution in [0.3, 0.4) is 0 Å². The van der Waals surface area contributed by atoms with Crippen LogP contribution in [0, 0.1) is 21.8 Å². The maximum Gasteiger partial charge on any atom is 0.305 e. The SMILES string of the molecule is CC(C)C(C)OCc1cccc([N+](=O)[O-])c1F. The van der Waals surface area contributed by atoms with Crippen molar-refractivity contribution in [3.05, 3.63) is 39.7 Å². The molecule has 0 heterocycles. The lowest BCUT2D eigenvalue weighted by atomic mass is 10.1. The van der Waals surface area contributed by atoms with Crippen molar-refractivity contribution in [1.82, 2.24) is 0 Å². The molecule has 0 aliphatic heterocycles. The molecule has 0 fully saturated rings. The molecule has 1 aromatic rings. The third-order valence-corrected chi connectivity index (χ3v) is 2.70. The molecule has 17 heavy (non-hydrogen) atoms. The Bertz CT molecular complexity index is 407. The Hall–Kier alpha value is -1.49. The number of nitro benzene ring substituents is 1. The summed E-state index contributed by atoms with van der Waals surface area (Å²) in [5, 5.41) is 10.5. The Kier molecular flexibility index (Phi) is 4.57. The average molecular weight is 241 g/mol. The molecule has 0 bridgehead atoms. The van der Waals surface area contributed by atoms with Crippen LogP contribution in [-0.4, -0.2) is 11.0 Å². The summed E-state index contributed by atoms with van der Waals surface area (Å²) in [5.41, 5.74) is -0.296. The second-order valence-electron chi connectivity index (χ2n) is 4.27. The highest BCUT2D eigenvalue weighted by Crippen LogP contribution is 2.21. The van der Waals surface area contributed by atoms with Crippen molar-refractivity contribution >= 4 is 5.69 Å². The monoisotopic (exact) mass is 241 g/mol. The zero-order valence-electron chi connectivity index (χ0n) is 10.1. The summed E-state index contributed by atoms with van der Waals surface area (Å²) in [5.74, 6) is -0.495. The van der Waals surface area contributed by atoms with Crippen molar-refractivity contribution in [2.24, 2.45) is 5.92 Å². The normalized spacial score (nSPS) is 12.8. The van der Waals surface area contributed by atoms with Gasteiger partial charge in [-0.05, 0) is 12.8 Å². The van der Waals surface area contributed by atoms with Crippen LogP contribution in [-0.2, 0) is 11.3 Å². The summed E-state index contributed by atoms with van der Waals surface area (Å²) in [6.07, 6.45) is -0.0198. The minimum absolute atomic E-state index is 0.0198. The highest BCUT2D eigenvalue weighted by molar-refractivity contribution is 5.36. The lowest BCUT2D eigenvalue weighted by Gasteiger charge is -2.16. The van der Waals surface area contributed by atoms with E-state index in [2.05, 4.69) is 0 Å². The molecule has 0 aromatic heterocycles. The first-order valence-electron chi connectivity index (χ1n) is 5.47. The van der Waals surface area contributed by atoms with Gasteiger partial charge in [-0.15, -0.1) is 0 Å². The predicted octanol–water partition coefficient (Wildman–Crippen LogP) is 3.30. The Morgan fingerprint density at radius 2 is 2.06 bits per heavy atom. The summed E-state index contributed by atoms with van der Waals surface area (Å²) >= 11 is 0. The zero-order valence-corrected chi connectivity index (χ0v) is 10.1. The molecule has 0 N–H and O–H groups in total. The van der Waals surface area contributed by atoms with Crippen LogP contribution >= 0.6 is 0 Å². The van der Waals surface area contributed by atoms with Crippen LogP contribution in [0.25, 0.3) is 0 Å². The van der Waals surface area contributed by atoms with Crippen molar-refractivity contribution in [3.63, 3.8) is 0 Å². The van der Waals surface area contributed by atoms with Crippen molar-refractivity contribution in [1.29, 1.82) is 0 Å². The Morgan fingerprint density at radius 3 is 2.59 bits per heavy atom. The molecule has 1 atom stereocenters. The molecular formula is C12H16FNO3. The van der Waals surface area contributed by atoms with Gasteiger partial charge in [0.1, 0.15) is 0 Å². The highest BCUT2D eigenvalue weighted by atomic mass is 19.1. The van der Waals surface area contributed by atoms with Crippen molar-refractivity contribution < 1.29 is 14.1 Å². The fourth-order valence-electron chi connectivity index (χ4n) is 1.23. The van der Waals surface area contributed by atoms with E-state index in [1.54, 1.807) is 0 Å². The van der Waals surface area contributed by atoms with Crippen LogP contribution in [0.2, 0.25) is 0 Å². The van der Waals surface area contributed by atoms with Crippen LogP contribution < -0.4 is 0 Å². The van der Waals surface area contributed by atoms with Crippen LogP contribution in [0.1, 0.15) is 26.3 Å². The molecule has 5 heteroatoms. The van der Waals surface area contributed by atoms with Gasteiger partial charge in [-0.2, -0.15) is 4.39 Å². The van der Waals surface area contributed by atoms with Gasteiger partial charge in [-0.25, -0.2) is 0 Å². The second kappa shape index (κ2) is 5.72. The van der Waals surface area contributed by atoms with E-state index in [1.807, 2.05) is 20.8 Å². The Labute approximate surface area is 99.6 Å². The summed E-state index contributed by atoms with van der Waals surface area (Å²) in [6, 6.07) is 4.10. The highest BCUT2D eigenvalue weighted by Gasteiger charge is 2.18. The molecule has 1 unspecified atom stereocenters. The summed E-state index contributed by atoms with van der Waals surface area (Å²) in [6.45, 7) is 5.93. The number of nitrogens with zero attached hydrogens (tertiary/aromatic N) is 1. The summed E-state index contributed by atoms with van der Waals surface area (Å²) < 4.78 is 19.1. The standard InChI is InChI=1S/C12H16FNO3/c1-8(2)9(3)17-7-10-5-4-6-11(12(10)13)14(15)16/h4-6,8-9H,7H2,1-3H3. The minimum atomic E-state index is -0.812. The third kappa shape index (κ3) is 3.49. The second-order valence-corrected chi connectivity index (χ2v) is 4.27. The number of nitro groups is 1. The Morgan fingerprint density at radius 1 is 1.41 bits per heavy atom. The Balaban J connectivity index is 2.79. The van der Waals surface area contributed by atoms with Crippen molar-refractivity contribution in [3.8, 4) is 0 Å². The number of halogens is 1. The van der Waals surface area contributed by atoms with Gasteiger partial charge in [0.25, 0.3) is 0 Å². The van der Waals surface area contributed by atoms with Gasteiger partial charge < -0.3 is 4.74 Å². The molecule has 1 rings (SSSR count). The molecule has 0 amide bonds. The van der Waals surface area contributed by atoms with E-state index in [4.69, 9.17) is 4.74 Å². The third-order valence-electron chi connectivity index (χ3n) is 2.70. The molecule has 0 saturated heterocycles. The van der Waals surface area contributed by atoms with Gasteiger partial charge in [0.15, 0.2) is 0 Å². The van der Waals surface area contributed by atoms with Gasteiger partial charge in [-0.1, -0.05) is 26.0 Å². The topological polar surface area (TPSA) is 52.4 Å². The molecular weight excluding hydrogens is 225 g/mol. The van der Waals surface area contributed by atoms with Crippen molar-refractivity contribution in [2.45, 2.75) is 33.5 Å². The molecule has 94 valence electrons. The van der Waals surface area contributed by atoms with Gasteiger partial charge in [-0.3, -0.25) is 10.1 Å². The van der Waals surface area contributed by atoms with E-state index < -0.39 is 16.4 Å². The quantitative estimate of drug-likeness (QED) is 0.587. The molecule has 0 spiro atoms. The van der Waals surface area contributed by atoms with Gasteiger partial charge >= 0.3 is 5.69 Å². The predicted molar refractivity (Wildman–Crippen MR) is 62.1 cm³/mol. The van der Waals surface area contributed by atoms with E-state index in [0.717, 1.165) is 6.07 Å². The number of hydrogen-bond donors (Lipinski definition) is 0. The molecule has 1 aromatic carbocycles. The van der Waals surface area contributed by atoms with E-state index in [0.29, 0.717) is 5.92 Å². The average Bonchev–Trinajstić information content (AvgIpc) is 2.26. The first kappa shape index (κ1) is 13.6. The lowest BCUT2D eigenvalue weighted by Crippen LogP contribution is -2.15. The van der Waals surface area contributed by atoms with Crippen LogP contribution in [0.4, 0.5) is 10.1 Å². The molecule has 0 aliphatic carbocycles. The number of benzene rings is 1. The maximum absolute atomic E-state index is 13.7. The maximum atomic E-state index is 13.7. The lowest BCUT2D eigenvalue weighted by molar-refractivity contribution is -0.387. The van der Waals surface area contributed by atoms with E-state index in [-0.39, 0.29) is 18.3 Å². The van der Waals surface area contributed by atoms with Gasteiger partial charge in [0.2, 0.25) is 5.82 Å². The van der Waals surface area contributed by atoms with Gasteiger partial charge in [0, 0.05) is 11.6 Å². The zero-order chi connectivity index (χ0) is 13.0. The molecule has 0 radical (unpaired) electrons. The number of hydrogen-bond acceptors (Lipinski definition) is 3. The van der Waals surface area contributed by atoms with Crippen molar-refractivity contribution in [2.75, 3.05) is 0 Å². The van der Waals surface area contributed by atoms with E-state index >= 15 is 0 Å². The molecule has 0 aliphatic rings. The largest absolute Gasteiger partial charge is 0.373 e. The number of ether oxygens (including phenoxy) is 1.